The molecule has 0 fully saturated rings. The van der Waals surface area contributed by atoms with Gasteiger partial charge in [-0.25, -0.2) is 0 Å². The van der Waals surface area contributed by atoms with Crippen LogP contribution in [-0.4, -0.2) is 10.1 Å². The van der Waals surface area contributed by atoms with E-state index in [0.29, 0.717) is 6.61 Å². The van der Waals surface area contributed by atoms with Crippen molar-refractivity contribution in [2.24, 2.45) is 0 Å². The van der Waals surface area contributed by atoms with E-state index < -0.39 is 6.10 Å². The first kappa shape index (κ1) is 13.6. The summed E-state index contributed by atoms with van der Waals surface area (Å²) in [5, 5.41) is 12.1. The molecule has 3 heteroatoms. The lowest BCUT2D eigenvalue weighted by molar-refractivity contribution is 0.191. The van der Waals surface area contributed by atoms with E-state index in [4.69, 9.17) is 4.74 Å². The van der Waals surface area contributed by atoms with Crippen molar-refractivity contribution in [3.63, 3.8) is 0 Å². The van der Waals surface area contributed by atoms with Crippen molar-refractivity contribution in [3.05, 3.63) is 72.1 Å². The summed E-state index contributed by atoms with van der Waals surface area (Å²) in [5.41, 5.74) is 1.86. The molecular formula is C18H17NO2. The average molecular weight is 279 g/mol. The quantitative estimate of drug-likeness (QED) is 0.788. The van der Waals surface area contributed by atoms with Crippen LogP contribution in [-0.2, 0) is 6.61 Å². The van der Waals surface area contributed by atoms with Crippen LogP contribution < -0.4 is 4.74 Å². The molecule has 0 aliphatic rings. The van der Waals surface area contributed by atoms with Gasteiger partial charge in [-0.15, -0.1) is 0 Å². The van der Waals surface area contributed by atoms with Gasteiger partial charge < -0.3 is 9.84 Å². The summed E-state index contributed by atoms with van der Waals surface area (Å²) in [4.78, 5) is 4.00. The summed E-state index contributed by atoms with van der Waals surface area (Å²) < 4.78 is 6.01. The Morgan fingerprint density at radius 1 is 1.05 bits per heavy atom. The molecule has 0 unspecified atom stereocenters. The lowest BCUT2D eigenvalue weighted by Gasteiger charge is -2.16. The first-order chi connectivity index (χ1) is 10.3. The fourth-order valence-electron chi connectivity index (χ4n) is 2.38. The Hall–Kier alpha value is -2.39. The number of hydrogen-bond acceptors (Lipinski definition) is 3. The number of hydrogen-bond donors (Lipinski definition) is 1. The molecule has 0 spiro atoms. The van der Waals surface area contributed by atoms with E-state index in [1.165, 1.54) is 0 Å². The van der Waals surface area contributed by atoms with Gasteiger partial charge in [-0.2, -0.15) is 0 Å². The zero-order valence-corrected chi connectivity index (χ0v) is 11.9. The Bertz CT molecular complexity index is 739. The molecule has 2 aromatic carbocycles. The highest BCUT2D eigenvalue weighted by molar-refractivity contribution is 5.89. The van der Waals surface area contributed by atoms with E-state index in [1.54, 1.807) is 19.3 Å². The minimum absolute atomic E-state index is 0.455. The van der Waals surface area contributed by atoms with Gasteiger partial charge in [0.25, 0.3) is 0 Å². The number of fused-ring (bicyclic) bond motifs is 1. The Labute approximate surface area is 123 Å². The predicted octanol–water partition coefficient (Wildman–Crippen LogP) is 3.87. The highest BCUT2D eigenvalue weighted by Crippen LogP contribution is 2.34. The molecule has 0 aliphatic carbocycles. The van der Waals surface area contributed by atoms with Crippen LogP contribution in [0.5, 0.6) is 5.75 Å². The number of aliphatic hydroxyl groups is 1. The van der Waals surface area contributed by atoms with Gasteiger partial charge in [-0.05, 0) is 30.0 Å². The number of benzene rings is 2. The maximum Gasteiger partial charge on any atom is 0.133 e. The first-order valence-electron chi connectivity index (χ1n) is 6.97. The summed E-state index contributed by atoms with van der Waals surface area (Å²) in [6.07, 6.45) is 2.93. The lowest BCUT2D eigenvalue weighted by atomic mass is 10.0. The maximum absolute atomic E-state index is 9.97. The molecule has 0 amide bonds. The second-order valence-electron chi connectivity index (χ2n) is 5.03. The van der Waals surface area contributed by atoms with Gasteiger partial charge in [0.05, 0.1) is 6.10 Å². The number of rotatable bonds is 4. The van der Waals surface area contributed by atoms with E-state index >= 15 is 0 Å². The third kappa shape index (κ3) is 2.88. The van der Waals surface area contributed by atoms with Crippen LogP contribution in [0.15, 0.2) is 60.9 Å². The van der Waals surface area contributed by atoms with Crippen molar-refractivity contribution in [3.8, 4) is 5.75 Å². The van der Waals surface area contributed by atoms with Gasteiger partial charge >= 0.3 is 0 Å². The van der Waals surface area contributed by atoms with Crippen LogP contribution in [0, 0.1) is 0 Å². The third-order valence-corrected chi connectivity index (χ3v) is 3.49. The molecule has 3 rings (SSSR count). The zero-order chi connectivity index (χ0) is 14.7. The van der Waals surface area contributed by atoms with Crippen molar-refractivity contribution in [2.75, 3.05) is 0 Å². The van der Waals surface area contributed by atoms with Crippen molar-refractivity contribution >= 4 is 10.8 Å². The molecule has 1 atom stereocenters. The minimum Gasteiger partial charge on any atom is -0.488 e. The van der Waals surface area contributed by atoms with Crippen LogP contribution in [0.4, 0.5) is 0 Å². The molecule has 1 N–H and O–H groups in total. The van der Waals surface area contributed by atoms with E-state index in [9.17, 15) is 5.11 Å². The number of aliphatic hydroxyl groups excluding tert-OH is 1. The van der Waals surface area contributed by atoms with Gasteiger partial charge in [-0.3, -0.25) is 4.98 Å². The second kappa shape index (κ2) is 5.94. The molecule has 3 nitrogen and oxygen atoms in total. The fourth-order valence-corrected chi connectivity index (χ4v) is 2.38. The van der Waals surface area contributed by atoms with Crippen molar-refractivity contribution in [1.82, 2.24) is 4.98 Å². The SMILES string of the molecule is C[C@H](O)c1ccc2ccccc2c1OCc1ccncc1. The highest BCUT2D eigenvalue weighted by Gasteiger charge is 2.13. The number of ether oxygens (including phenoxy) is 1. The molecule has 1 heterocycles. The van der Waals surface area contributed by atoms with Gasteiger partial charge in [0, 0.05) is 23.3 Å². The molecule has 21 heavy (non-hydrogen) atoms. The largest absolute Gasteiger partial charge is 0.488 e. The Morgan fingerprint density at radius 2 is 1.81 bits per heavy atom. The van der Waals surface area contributed by atoms with Crippen LogP contribution in [0.2, 0.25) is 0 Å². The molecular weight excluding hydrogens is 262 g/mol. The Balaban J connectivity index is 2.00. The zero-order valence-electron chi connectivity index (χ0n) is 11.9. The normalized spacial score (nSPS) is 12.3. The van der Waals surface area contributed by atoms with Gasteiger partial charge in [0.2, 0.25) is 0 Å². The maximum atomic E-state index is 9.97. The van der Waals surface area contributed by atoms with Gasteiger partial charge in [0.15, 0.2) is 0 Å². The minimum atomic E-state index is -0.568. The van der Waals surface area contributed by atoms with E-state index in [0.717, 1.165) is 27.6 Å². The molecule has 0 bridgehead atoms. The summed E-state index contributed by atoms with van der Waals surface area (Å²) in [6.45, 7) is 2.21. The predicted molar refractivity (Wildman–Crippen MR) is 83.2 cm³/mol. The van der Waals surface area contributed by atoms with Gasteiger partial charge in [-0.1, -0.05) is 36.4 Å². The van der Waals surface area contributed by atoms with Crippen LogP contribution in [0.25, 0.3) is 10.8 Å². The van der Waals surface area contributed by atoms with Gasteiger partial charge in [0.1, 0.15) is 12.4 Å². The van der Waals surface area contributed by atoms with Crippen molar-refractivity contribution in [1.29, 1.82) is 0 Å². The number of aromatic nitrogens is 1. The highest BCUT2D eigenvalue weighted by atomic mass is 16.5. The number of nitrogens with zero attached hydrogens (tertiary/aromatic N) is 1. The molecule has 106 valence electrons. The molecule has 0 saturated carbocycles. The third-order valence-electron chi connectivity index (χ3n) is 3.49. The smallest absolute Gasteiger partial charge is 0.133 e. The van der Waals surface area contributed by atoms with E-state index in [-0.39, 0.29) is 0 Å². The second-order valence-corrected chi connectivity index (χ2v) is 5.03. The first-order valence-corrected chi connectivity index (χ1v) is 6.97. The molecule has 0 radical (unpaired) electrons. The molecule has 3 aromatic rings. The summed E-state index contributed by atoms with van der Waals surface area (Å²) in [6, 6.07) is 15.8. The van der Waals surface area contributed by atoms with Crippen LogP contribution >= 0.6 is 0 Å². The topological polar surface area (TPSA) is 42.4 Å². The Kier molecular flexibility index (Phi) is 3.84. The molecule has 1 aromatic heterocycles. The average Bonchev–Trinajstić information content (AvgIpc) is 2.53. The molecule has 0 aliphatic heterocycles. The molecule has 0 saturated heterocycles. The lowest BCUT2D eigenvalue weighted by Crippen LogP contribution is -2.02. The standard InChI is InChI=1S/C18H17NO2/c1-13(20)16-7-6-15-4-2-3-5-17(15)18(16)21-12-14-8-10-19-11-9-14/h2-11,13,20H,12H2,1H3/t13-/m0/s1. The Morgan fingerprint density at radius 3 is 2.57 bits per heavy atom. The van der Waals surface area contributed by atoms with Crippen LogP contribution in [0.1, 0.15) is 24.2 Å². The monoisotopic (exact) mass is 279 g/mol. The van der Waals surface area contributed by atoms with E-state index in [1.807, 2.05) is 48.5 Å². The van der Waals surface area contributed by atoms with Crippen molar-refractivity contribution in [2.45, 2.75) is 19.6 Å². The summed E-state index contributed by atoms with van der Waals surface area (Å²) in [7, 11) is 0. The summed E-state index contributed by atoms with van der Waals surface area (Å²) in [5.74, 6) is 0.750. The van der Waals surface area contributed by atoms with E-state index in [2.05, 4.69) is 4.98 Å². The summed E-state index contributed by atoms with van der Waals surface area (Å²) >= 11 is 0. The number of pyridine rings is 1. The van der Waals surface area contributed by atoms with Crippen LogP contribution in [0.3, 0.4) is 0 Å². The fraction of sp³-hybridized carbons (Fsp3) is 0.167. The van der Waals surface area contributed by atoms with Crippen molar-refractivity contribution < 1.29 is 9.84 Å².